The maximum atomic E-state index is 6.26. The molecule has 2 aromatic rings. The Kier molecular flexibility index (Phi) is 4.54. The predicted molar refractivity (Wildman–Crippen MR) is 81.2 cm³/mol. The van der Waals surface area contributed by atoms with Crippen LogP contribution in [-0.2, 0) is 18.9 Å². The van der Waals surface area contributed by atoms with Gasteiger partial charge in [-0.05, 0) is 24.5 Å². The summed E-state index contributed by atoms with van der Waals surface area (Å²) in [5.41, 5.74) is 3.34. The van der Waals surface area contributed by atoms with Crippen molar-refractivity contribution in [2.45, 2.75) is 18.8 Å². The fourth-order valence-electron chi connectivity index (χ4n) is 2.32. The predicted octanol–water partition coefficient (Wildman–Crippen LogP) is 3.69. The van der Waals surface area contributed by atoms with Gasteiger partial charge in [0.05, 0.1) is 6.20 Å². The number of nitrogens with zero attached hydrogens (tertiary/aromatic N) is 2. The SMILES string of the molecule is Cc1cccc(C(CCl)(CCl)Cc2cnn(C)c2)c1. The Morgan fingerprint density at radius 1 is 1.26 bits per heavy atom. The first-order chi connectivity index (χ1) is 9.09. The van der Waals surface area contributed by atoms with Gasteiger partial charge in [-0.1, -0.05) is 29.8 Å². The molecule has 0 bridgehead atoms. The number of benzene rings is 1. The molecular weight excluding hydrogens is 279 g/mol. The molecule has 0 N–H and O–H groups in total. The number of hydrogen-bond acceptors (Lipinski definition) is 1. The molecule has 0 saturated carbocycles. The van der Waals surface area contributed by atoms with E-state index in [-0.39, 0.29) is 5.41 Å². The summed E-state index contributed by atoms with van der Waals surface area (Å²) in [7, 11) is 1.92. The van der Waals surface area contributed by atoms with Crippen LogP contribution in [0.4, 0.5) is 0 Å². The zero-order valence-electron chi connectivity index (χ0n) is 11.2. The molecule has 0 aliphatic carbocycles. The number of rotatable bonds is 5. The van der Waals surface area contributed by atoms with Gasteiger partial charge in [0.1, 0.15) is 0 Å². The van der Waals surface area contributed by atoms with E-state index in [2.05, 4.69) is 36.3 Å². The number of alkyl halides is 2. The number of aryl methyl sites for hydroxylation is 2. The van der Waals surface area contributed by atoms with E-state index in [1.54, 1.807) is 4.68 Å². The van der Waals surface area contributed by atoms with E-state index in [1.807, 2.05) is 19.4 Å². The van der Waals surface area contributed by atoms with Crippen molar-refractivity contribution in [2.24, 2.45) is 7.05 Å². The Bertz CT molecular complexity index is 545. The molecule has 102 valence electrons. The third-order valence-electron chi connectivity index (χ3n) is 3.44. The standard InChI is InChI=1S/C15H18Cl2N2/c1-12-4-3-5-14(6-12)15(10-16,11-17)7-13-8-18-19(2)9-13/h3-6,8-9H,7,10-11H2,1-2H3. The van der Waals surface area contributed by atoms with E-state index in [1.165, 1.54) is 11.1 Å². The second kappa shape index (κ2) is 5.98. The minimum absolute atomic E-state index is 0.238. The summed E-state index contributed by atoms with van der Waals surface area (Å²) in [6.45, 7) is 2.08. The van der Waals surface area contributed by atoms with Gasteiger partial charge in [0, 0.05) is 30.4 Å². The molecule has 1 aromatic heterocycles. The summed E-state index contributed by atoms with van der Waals surface area (Å²) < 4.78 is 1.80. The van der Waals surface area contributed by atoms with Crippen molar-refractivity contribution >= 4 is 23.2 Å². The van der Waals surface area contributed by atoms with Crippen LogP contribution in [0.15, 0.2) is 36.7 Å². The zero-order chi connectivity index (χ0) is 13.9. The van der Waals surface area contributed by atoms with E-state index in [4.69, 9.17) is 23.2 Å². The molecule has 19 heavy (non-hydrogen) atoms. The second-order valence-corrected chi connectivity index (χ2v) is 5.65. The molecule has 0 spiro atoms. The lowest BCUT2D eigenvalue weighted by molar-refractivity contribution is 0.535. The summed E-state index contributed by atoms with van der Waals surface area (Å²) in [5, 5.41) is 4.21. The van der Waals surface area contributed by atoms with Gasteiger partial charge in [0.2, 0.25) is 0 Å². The Labute approximate surface area is 124 Å². The smallest absolute Gasteiger partial charge is 0.0521 e. The minimum atomic E-state index is -0.238. The lowest BCUT2D eigenvalue weighted by atomic mass is 9.79. The minimum Gasteiger partial charge on any atom is -0.276 e. The molecule has 0 aliphatic heterocycles. The van der Waals surface area contributed by atoms with Crippen molar-refractivity contribution in [1.29, 1.82) is 0 Å². The van der Waals surface area contributed by atoms with E-state index in [9.17, 15) is 0 Å². The van der Waals surface area contributed by atoms with Crippen LogP contribution in [0.2, 0.25) is 0 Å². The molecule has 2 rings (SSSR count). The lowest BCUT2D eigenvalue weighted by Gasteiger charge is -2.30. The largest absolute Gasteiger partial charge is 0.276 e. The van der Waals surface area contributed by atoms with Crippen LogP contribution in [0, 0.1) is 6.92 Å². The summed E-state index contributed by atoms with van der Waals surface area (Å²) in [6.07, 6.45) is 4.70. The van der Waals surface area contributed by atoms with Crippen LogP contribution in [0.1, 0.15) is 16.7 Å². The van der Waals surface area contributed by atoms with E-state index < -0.39 is 0 Å². The Balaban J connectivity index is 2.37. The van der Waals surface area contributed by atoms with Gasteiger partial charge < -0.3 is 0 Å². The maximum Gasteiger partial charge on any atom is 0.0521 e. The highest BCUT2D eigenvalue weighted by Crippen LogP contribution is 2.32. The molecule has 0 atom stereocenters. The van der Waals surface area contributed by atoms with E-state index in [0.29, 0.717) is 11.8 Å². The highest BCUT2D eigenvalue weighted by atomic mass is 35.5. The van der Waals surface area contributed by atoms with Gasteiger partial charge in [0.15, 0.2) is 0 Å². The first-order valence-corrected chi connectivity index (χ1v) is 7.33. The molecule has 0 aliphatic rings. The van der Waals surface area contributed by atoms with Crippen LogP contribution in [0.25, 0.3) is 0 Å². The average Bonchev–Trinajstić information content (AvgIpc) is 2.81. The Morgan fingerprint density at radius 2 is 2.00 bits per heavy atom. The highest BCUT2D eigenvalue weighted by Gasteiger charge is 2.31. The third-order valence-corrected chi connectivity index (χ3v) is 4.47. The van der Waals surface area contributed by atoms with Crippen LogP contribution in [-0.4, -0.2) is 21.5 Å². The molecule has 4 heteroatoms. The summed E-state index contributed by atoms with van der Waals surface area (Å²) in [6, 6.07) is 8.41. The molecule has 0 saturated heterocycles. The Hall–Kier alpha value is -0.990. The van der Waals surface area contributed by atoms with Crippen molar-refractivity contribution in [3.05, 3.63) is 53.3 Å². The molecule has 2 nitrogen and oxygen atoms in total. The van der Waals surface area contributed by atoms with Crippen LogP contribution >= 0.6 is 23.2 Å². The molecule has 0 fully saturated rings. The monoisotopic (exact) mass is 296 g/mol. The Morgan fingerprint density at radius 3 is 2.53 bits per heavy atom. The number of hydrogen-bond donors (Lipinski definition) is 0. The van der Waals surface area contributed by atoms with Gasteiger partial charge in [-0.25, -0.2) is 0 Å². The fourth-order valence-corrected chi connectivity index (χ4v) is 3.10. The molecule has 0 amide bonds. The van der Waals surface area contributed by atoms with Crippen LogP contribution in [0.3, 0.4) is 0 Å². The summed E-state index contributed by atoms with van der Waals surface area (Å²) >= 11 is 12.5. The topological polar surface area (TPSA) is 17.8 Å². The van der Waals surface area contributed by atoms with Crippen LogP contribution in [0.5, 0.6) is 0 Å². The molecule has 0 unspecified atom stereocenters. The highest BCUT2D eigenvalue weighted by molar-refractivity contribution is 6.22. The van der Waals surface area contributed by atoms with E-state index >= 15 is 0 Å². The van der Waals surface area contributed by atoms with Gasteiger partial charge >= 0.3 is 0 Å². The van der Waals surface area contributed by atoms with Crippen molar-refractivity contribution in [1.82, 2.24) is 9.78 Å². The van der Waals surface area contributed by atoms with Crippen molar-refractivity contribution in [3.63, 3.8) is 0 Å². The normalized spacial score (nSPS) is 11.8. The van der Waals surface area contributed by atoms with E-state index in [0.717, 1.165) is 12.0 Å². The molecular formula is C15H18Cl2N2. The third kappa shape index (κ3) is 3.13. The van der Waals surface area contributed by atoms with Gasteiger partial charge in [0.25, 0.3) is 0 Å². The van der Waals surface area contributed by atoms with Gasteiger partial charge in [-0.2, -0.15) is 5.10 Å². The quantitative estimate of drug-likeness (QED) is 0.770. The second-order valence-electron chi connectivity index (χ2n) is 5.12. The average molecular weight is 297 g/mol. The van der Waals surface area contributed by atoms with Crippen molar-refractivity contribution in [3.8, 4) is 0 Å². The van der Waals surface area contributed by atoms with Crippen LogP contribution < -0.4 is 0 Å². The zero-order valence-corrected chi connectivity index (χ0v) is 12.7. The first-order valence-electron chi connectivity index (χ1n) is 6.26. The summed E-state index contributed by atoms with van der Waals surface area (Å²) in [4.78, 5) is 0. The fraction of sp³-hybridized carbons (Fsp3) is 0.400. The maximum absolute atomic E-state index is 6.26. The number of aromatic nitrogens is 2. The van der Waals surface area contributed by atoms with Crippen molar-refractivity contribution < 1.29 is 0 Å². The van der Waals surface area contributed by atoms with Gasteiger partial charge in [-0.3, -0.25) is 4.68 Å². The molecule has 0 radical (unpaired) electrons. The summed E-state index contributed by atoms with van der Waals surface area (Å²) in [5.74, 6) is 0.990. The van der Waals surface area contributed by atoms with Crippen molar-refractivity contribution in [2.75, 3.05) is 11.8 Å². The molecule has 1 aromatic carbocycles. The first kappa shape index (κ1) is 14.4. The molecule has 1 heterocycles. The van der Waals surface area contributed by atoms with Gasteiger partial charge in [-0.15, -0.1) is 23.2 Å². The number of halogens is 2. The lowest BCUT2D eigenvalue weighted by Crippen LogP contribution is -2.33.